The standard InChI is InChI=1S/C24H34N2O7.Na/c1-14(2)5-6-18-23(3,32-18)21-20(29-4)17(7-8-24(21)13-30-24)31-22(28)26-11-15(12-26)9-16-10-19(27)25-33-16;/h5,10,15,17-18,20-21H,6-9,11-13H2,1-4H3,(H,25,27);/q;+1/p-1/t17-,18-,20-,21-,23+,24+;/m1./s1. The predicted octanol–water partition coefficient (Wildman–Crippen LogP) is -0.560. The fraction of sp³-hybridized carbons (Fsp3) is 0.750. The first-order valence-corrected chi connectivity index (χ1v) is 11.8. The summed E-state index contributed by atoms with van der Waals surface area (Å²) in [6.45, 7) is 8.16. The molecule has 4 heterocycles. The summed E-state index contributed by atoms with van der Waals surface area (Å²) in [6.07, 6.45) is 4.36. The van der Waals surface area contributed by atoms with Crippen molar-refractivity contribution in [3.05, 3.63) is 23.5 Å². The van der Waals surface area contributed by atoms with Gasteiger partial charge in [0, 0.05) is 38.4 Å². The molecule has 1 spiro atoms. The molecule has 3 saturated heterocycles. The summed E-state index contributed by atoms with van der Waals surface area (Å²) in [7, 11) is 1.68. The van der Waals surface area contributed by atoms with E-state index >= 15 is 0 Å². The van der Waals surface area contributed by atoms with E-state index in [1.54, 1.807) is 12.0 Å². The Kier molecular flexibility index (Phi) is 7.45. The molecule has 1 saturated carbocycles. The van der Waals surface area contributed by atoms with E-state index in [1.807, 2.05) is 0 Å². The molecule has 0 bridgehead atoms. The average molecular weight is 485 g/mol. The van der Waals surface area contributed by atoms with Crippen molar-refractivity contribution in [1.29, 1.82) is 0 Å². The molecule has 4 fully saturated rings. The third-order valence-corrected chi connectivity index (χ3v) is 7.73. The number of hydrogen-bond donors (Lipinski definition) is 0. The minimum absolute atomic E-state index is 0. The molecule has 0 aromatic carbocycles. The van der Waals surface area contributed by atoms with Crippen molar-refractivity contribution in [3.8, 4) is 5.88 Å². The van der Waals surface area contributed by atoms with Gasteiger partial charge in [0.05, 0.1) is 18.6 Å². The van der Waals surface area contributed by atoms with E-state index in [0.717, 1.165) is 12.8 Å². The second kappa shape index (κ2) is 9.75. The molecular weight excluding hydrogens is 451 g/mol. The van der Waals surface area contributed by atoms with Crippen LogP contribution < -0.4 is 34.7 Å². The Bertz CT molecular complexity index is 922. The molecule has 0 N–H and O–H groups in total. The van der Waals surface area contributed by atoms with Crippen LogP contribution in [-0.4, -0.2) is 72.5 Å². The van der Waals surface area contributed by atoms with Crippen LogP contribution in [-0.2, 0) is 25.4 Å². The number of rotatable bonds is 7. The van der Waals surface area contributed by atoms with Gasteiger partial charge in [-0.3, -0.25) is 0 Å². The van der Waals surface area contributed by atoms with Crippen LogP contribution in [0.3, 0.4) is 0 Å². The zero-order valence-corrected chi connectivity index (χ0v) is 22.7. The van der Waals surface area contributed by atoms with E-state index in [0.29, 0.717) is 38.3 Å². The van der Waals surface area contributed by atoms with Crippen molar-refractivity contribution < 1.29 is 62.9 Å². The molecular formula is C24H33N2NaO7. The quantitative estimate of drug-likeness (QED) is 0.288. The number of epoxide rings is 2. The zero-order valence-electron chi connectivity index (χ0n) is 20.7. The maximum atomic E-state index is 12.8. The van der Waals surface area contributed by atoms with Crippen LogP contribution in [0.4, 0.5) is 4.79 Å². The van der Waals surface area contributed by atoms with Gasteiger partial charge in [0.25, 0.3) is 0 Å². The first-order valence-electron chi connectivity index (χ1n) is 11.8. The van der Waals surface area contributed by atoms with Crippen molar-refractivity contribution in [3.63, 3.8) is 0 Å². The topological polar surface area (TPSA) is 113 Å². The number of carbonyl (C=O) groups is 1. The van der Waals surface area contributed by atoms with Crippen molar-refractivity contribution >= 4 is 6.09 Å². The average Bonchev–Trinajstić information content (AvgIpc) is 3.61. The summed E-state index contributed by atoms with van der Waals surface area (Å²) in [4.78, 5) is 14.5. The number of nitrogens with zero attached hydrogens (tertiary/aromatic N) is 2. The van der Waals surface area contributed by atoms with Crippen LogP contribution >= 0.6 is 0 Å². The Morgan fingerprint density at radius 1 is 1.38 bits per heavy atom. The summed E-state index contributed by atoms with van der Waals surface area (Å²) in [5.41, 5.74) is 0.680. The minimum atomic E-state index is -0.369. The molecule has 1 amide bonds. The van der Waals surface area contributed by atoms with Gasteiger partial charge < -0.3 is 33.5 Å². The molecule has 9 nitrogen and oxygen atoms in total. The predicted molar refractivity (Wildman–Crippen MR) is 115 cm³/mol. The molecule has 182 valence electrons. The monoisotopic (exact) mass is 484 g/mol. The maximum Gasteiger partial charge on any atom is 1.00 e. The number of amides is 1. The number of ether oxygens (including phenoxy) is 4. The van der Waals surface area contributed by atoms with E-state index in [9.17, 15) is 9.90 Å². The smallest absolute Gasteiger partial charge is 0.856 e. The van der Waals surface area contributed by atoms with Gasteiger partial charge in [-0.05, 0) is 46.1 Å². The SMILES string of the molecule is CO[C@@H]1[C@H](OC(=O)N2CC(Cc3cc([O-])no3)C2)CC[C@]2(CO2)[C@H]1[C@@]1(C)O[C@@H]1CC=C(C)C.[Na+]. The Morgan fingerprint density at radius 2 is 2.12 bits per heavy atom. The van der Waals surface area contributed by atoms with Crippen LogP contribution in [0, 0.1) is 11.8 Å². The van der Waals surface area contributed by atoms with Crippen molar-refractivity contribution in [1.82, 2.24) is 10.1 Å². The summed E-state index contributed by atoms with van der Waals surface area (Å²) in [6, 6.07) is 1.40. The van der Waals surface area contributed by atoms with Gasteiger partial charge in [-0.1, -0.05) is 16.8 Å². The summed E-state index contributed by atoms with van der Waals surface area (Å²) in [5.74, 6) is 0.434. The molecule has 5 rings (SSSR count). The normalized spacial score (nSPS) is 36.4. The van der Waals surface area contributed by atoms with E-state index < -0.39 is 0 Å². The molecule has 10 heteroatoms. The number of carbonyl (C=O) groups excluding carboxylic acids is 1. The Balaban J connectivity index is 0.00000274. The largest absolute Gasteiger partial charge is 1.00 e. The molecule has 34 heavy (non-hydrogen) atoms. The molecule has 4 aliphatic rings. The molecule has 3 aliphatic heterocycles. The van der Waals surface area contributed by atoms with Crippen LogP contribution in [0.2, 0.25) is 0 Å². The second-order valence-corrected chi connectivity index (χ2v) is 10.4. The van der Waals surface area contributed by atoms with Crippen LogP contribution in [0.1, 0.15) is 45.8 Å². The zero-order chi connectivity index (χ0) is 23.4. The van der Waals surface area contributed by atoms with Gasteiger partial charge >= 0.3 is 35.7 Å². The molecule has 6 atom stereocenters. The fourth-order valence-corrected chi connectivity index (χ4v) is 5.80. The van der Waals surface area contributed by atoms with Crippen LogP contribution in [0.5, 0.6) is 5.88 Å². The van der Waals surface area contributed by atoms with Gasteiger partial charge in [0.1, 0.15) is 29.2 Å². The van der Waals surface area contributed by atoms with Gasteiger partial charge in [-0.15, -0.1) is 0 Å². The van der Waals surface area contributed by atoms with Crippen molar-refractivity contribution in [2.24, 2.45) is 11.8 Å². The van der Waals surface area contributed by atoms with Crippen molar-refractivity contribution in [2.75, 3.05) is 26.8 Å². The third-order valence-electron chi connectivity index (χ3n) is 7.73. The number of aromatic nitrogens is 1. The summed E-state index contributed by atoms with van der Waals surface area (Å²) in [5, 5.41) is 14.5. The summed E-state index contributed by atoms with van der Waals surface area (Å²) < 4.78 is 29.1. The van der Waals surface area contributed by atoms with Crippen LogP contribution in [0.15, 0.2) is 22.2 Å². The second-order valence-electron chi connectivity index (χ2n) is 10.4. The number of likely N-dealkylation sites (tertiary alicyclic amines) is 1. The first-order chi connectivity index (χ1) is 15.7. The van der Waals surface area contributed by atoms with E-state index in [1.165, 1.54) is 11.6 Å². The van der Waals surface area contributed by atoms with E-state index in [-0.39, 0.29) is 82.9 Å². The van der Waals surface area contributed by atoms with Gasteiger partial charge in [0.15, 0.2) is 0 Å². The Hall–Kier alpha value is -1.10. The fourth-order valence-electron chi connectivity index (χ4n) is 5.80. The van der Waals surface area contributed by atoms with Gasteiger partial charge in [-0.25, -0.2) is 4.79 Å². The molecule has 1 aromatic heterocycles. The Labute approximate surface area is 222 Å². The maximum absolute atomic E-state index is 12.8. The number of methoxy groups -OCH3 is 1. The minimum Gasteiger partial charge on any atom is -0.856 e. The van der Waals surface area contributed by atoms with Gasteiger partial charge in [-0.2, -0.15) is 0 Å². The summed E-state index contributed by atoms with van der Waals surface area (Å²) >= 11 is 0. The van der Waals surface area contributed by atoms with Crippen molar-refractivity contribution in [2.45, 2.75) is 76.0 Å². The molecule has 0 radical (unpaired) electrons. The molecule has 1 aromatic rings. The van der Waals surface area contributed by atoms with Crippen LogP contribution in [0.25, 0.3) is 0 Å². The van der Waals surface area contributed by atoms with E-state index in [2.05, 4.69) is 32.0 Å². The molecule has 0 unspecified atom stereocenters. The first kappa shape index (κ1) is 26.0. The van der Waals surface area contributed by atoms with Gasteiger partial charge in [0.2, 0.25) is 0 Å². The molecule has 1 aliphatic carbocycles. The third kappa shape index (κ3) is 4.92. The number of hydrogen-bond acceptors (Lipinski definition) is 8. The van der Waals surface area contributed by atoms with E-state index in [4.69, 9.17) is 23.5 Å². The Morgan fingerprint density at radius 3 is 2.71 bits per heavy atom. The number of allylic oxidation sites excluding steroid dienone is 1.